The van der Waals surface area contributed by atoms with Gasteiger partial charge in [-0.05, 0) is 25.1 Å². The van der Waals surface area contributed by atoms with E-state index in [2.05, 4.69) is 20.3 Å². The Labute approximate surface area is 112 Å². The lowest BCUT2D eigenvalue weighted by Gasteiger charge is -1.97. The fraction of sp³-hybridized carbons (Fsp3) is 0.167. The van der Waals surface area contributed by atoms with Crippen molar-refractivity contribution in [3.63, 3.8) is 0 Å². The van der Waals surface area contributed by atoms with E-state index in [0.717, 1.165) is 5.56 Å². The van der Waals surface area contributed by atoms with Crippen molar-refractivity contribution in [3.8, 4) is 34.7 Å². The van der Waals surface area contributed by atoms with Crippen LogP contribution in [0.3, 0.4) is 0 Å². The second-order valence-corrected chi connectivity index (χ2v) is 4.14. The second-order valence-electron chi connectivity index (χ2n) is 4.14. The van der Waals surface area contributed by atoms with Crippen molar-refractivity contribution in [2.24, 2.45) is 0 Å². The zero-order chi connectivity index (χ0) is 13.5. The first-order chi connectivity index (χ1) is 9.79. The van der Waals surface area contributed by atoms with Crippen LogP contribution in [-0.2, 0) is 0 Å². The maximum Gasteiger partial charge on any atom is 0.316 e. The quantitative estimate of drug-likeness (QED) is 0.697. The fourth-order valence-corrected chi connectivity index (χ4v) is 1.85. The van der Waals surface area contributed by atoms with Crippen molar-refractivity contribution in [2.75, 3.05) is 6.79 Å². The lowest BCUT2D eigenvalue weighted by Crippen LogP contribution is -1.92. The zero-order valence-corrected chi connectivity index (χ0v) is 10.4. The van der Waals surface area contributed by atoms with Crippen molar-refractivity contribution in [1.29, 1.82) is 0 Å². The highest BCUT2D eigenvalue weighted by Crippen LogP contribution is 2.35. The molecule has 1 aromatic carbocycles. The maximum atomic E-state index is 5.31. The van der Waals surface area contributed by atoms with Gasteiger partial charge in [0.1, 0.15) is 0 Å². The molecule has 100 valence electrons. The van der Waals surface area contributed by atoms with E-state index in [1.54, 1.807) is 19.1 Å². The summed E-state index contributed by atoms with van der Waals surface area (Å²) in [4.78, 5) is 8.25. The summed E-state index contributed by atoms with van der Waals surface area (Å²) in [5.41, 5.74) is 0.750. The largest absolute Gasteiger partial charge is 0.454 e. The van der Waals surface area contributed by atoms with Gasteiger partial charge in [-0.15, -0.1) is 0 Å². The summed E-state index contributed by atoms with van der Waals surface area (Å²) in [5, 5.41) is 7.56. The summed E-state index contributed by atoms with van der Waals surface area (Å²) in [6.45, 7) is 1.93. The van der Waals surface area contributed by atoms with Gasteiger partial charge in [-0.25, -0.2) is 0 Å². The summed E-state index contributed by atoms with van der Waals surface area (Å²) < 4.78 is 20.6. The minimum Gasteiger partial charge on any atom is -0.454 e. The van der Waals surface area contributed by atoms with Crippen LogP contribution in [0.2, 0.25) is 0 Å². The lowest BCUT2D eigenvalue weighted by atomic mass is 10.2. The molecule has 8 heteroatoms. The molecule has 1 aliphatic rings. The van der Waals surface area contributed by atoms with Gasteiger partial charge >= 0.3 is 11.8 Å². The van der Waals surface area contributed by atoms with Crippen molar-refractivity contribution in [3.05, 3.63) is 24.0 Å². The predicted octanol–water partition coefficient (Wildman–Crippen LogP) is 1.82. The molecule has 0 spiro atoms. The van der Waals surface area contributed by atoms with E-state index < -0.39 is 0 Å². The molecule has 8 nitrogen and oxygen atoms in total. The molecular weight excluding hydrogens is 264 g/mol. The molecule has 0 saturated heterocycles. The van der Waals surface area contributed by atoms with Crippen LogP contribution >= 0.6 is 0 Å². The Bertz CT molecular complexity index is 779. The Kier molecular flexibility index (Phi) is 2.22. The Morgan fingerprint density at radius 2 is 1.75 bits per heavy atom. The average molecular weight is 272 g/mol. The van der Waals surface area contributed by atoms with Crippen LogP contribution < -0.4 is 9.47 Å². The number of aromatic nitrogens is 4. The Morgan fingerprint density at radius 3 is 2.60 bits per heavy atom. The van der Waals surface area contributed by atoms with E-state index in [1.807, 2.05) is 6.07 Å². The molecule has 0 fully saturated rings. The topological polar surface area (TPSA) is 96.3 Å². The monoisotopic (exact) mass is 272 g/mol. The van der Waals surface area contributed by atoms with Crippen LogP contribution in [0.5, 0.6) is 11.5 Å². The van der Waals surface area contributed by atoms with E-state index in [1.165, 1.54) is 0 Å². The van der Waals surface area contributed by atoms with Gasteiger partial charge in [-0.1, -0.05) is 10.3 Å². The van der Waals surface area contributed by atoms with Crippen LogP contribution in [0.1, 0.15) is 5.82 Å². The van der Waals surface area contributed by atoms with Crippen LogP contribution in [0.15, 0.2) is 27.2 Å². The predicted molar refractivity (Wildman–Crippen MR) is 63.9 cm³/mol. The highest BCUT2D eigenvalue weighted by Gasteiger charge is 2.19. The number of fused-ring (bicyclic) bond motifs is 1. The minimum atomic E-state index is 0.179. The minimum absolute atomic E-state index is 0.179. The van der Waals surface area contributed by atoms with Crippen molar-refractivity contribution < 1.29 is 18.5 Å². The molecule has 0 aliphatic carbocycles. The van der Waals surface area contributed by atoms with Crippen molar-refractivity contribution in [1.82, 2.24) is 20.3 Å². The molecule has 0 unspecified atom stereocenters. The van der Waals surface area contributed by atoms with Crippen LogP contribution in [0, 0.1) is 6.92 Å². The molecule has 0 amide bonds. The smallest absolute Gasteiger partial charge is 0.316 e. The molecule has 20 heavy (non-hydrogen) atoms. The Hall–Kier alpha value is -2.90. The molecule has 0 N–H and O–H groups in total. The molecule has 3 aromatic rings. The number of rotatable bonds is 2. The summed E-state index contributed by atoms with van der Waals surface area (Å²) in [7, 11) is 0. The van der Waals surface area contributed by atoms with Gasteiger partial charge < -0.3 is 18.5 Å². The van der Waals surface area contributed by atoms with Gasteiger partial charge in [0.05, 0.1) is 0 Å². The SMILES string of the molecule is Cc1noc(-c2nc(-c3ccc4c(c3)OCO4)no2)n1. The first-order valence-corrected chi connectivity index (χ1v) is 5.84. The lowest BCUT2D eigenvalue weighted by molar-refractivity contribution is 0.174. The van der Waals surface area contributed by atoms with Gasteiger partial charge in [-0.3, -0.25) is 0 Å². The number of ether oxygens (including phenoxy) is 2. The van der Waals surface area contributed by atoms with Crippen molar-refractivity contribution in [2.45, 2.75) is 6.92 Å². The van der Waals surface area contributed by atoms with Crippen molar-refractivity contribution >= 4 is 0 Å². The standard InChI is InChI=1S/C12H8N4O4/c1-6-13-11(19-15-6)12-14-10(16-20-12)7-2-3-8-9(4-7)18-5-17-8/h2-4H,5H2,1H3. The normalized spacial score (nSPS) is 12.8. The average Bonchev–Trinajstić information content (AvgIpc) is 3.17. The van der Waals surface area contributed by atoms with Gasteiger partial charge in [0.2, 0.25) is 12.6 Å². The van der Waals surface area contributed by atoms with Crippen LogP contribution in [-0.4, -0.2) is 27.1 Å². The third-order valence-electron chi connectivity index (χ3n) is 2.77. The molecule has 4 rings (SSSR count). The third-order valence-corrected chi connectivity index (χ3v) is 2.77. The van der Waals surface area contributed by atoms with Crippen LogP contribution in [0.25, 0.3) is 23.2 Å². The molecule has 0 bridgehead atoms. The summed E-state index contributed by atoms with van der Waals surface area (Å²) in [6.07, 6.45) is 0. The number of benzene rings is 1. The highest BCUT2D eigenvalue weighted by atomic mass is 16.7. The van der Waals surface area contributed by atoms with E-state index >= 15 is 0 Å². The van der Waals surface area contributed by atoms with E-state index in [0.29, 0.717) is 23.1 Å². The Balaban J connectivity index is 1.71. The first kappa shape index (κ1) is 11.0. The second kappa shape index (κ2) is 4.05. The molecule has 2 aromatic heterocycles. The van der Waals surface area contributed by atoms with E-state index in [4.69, 9.17) is 18.5 Å². The zero-order valence-electron chi connectivity index (χ0n) is 10.4. The molecule has 0 saturated carbocycles. The molecule has 1 aliphatic heterocycles. The fourth-order valence-electron chi connectivity index (χ4n) is 1.85. The number of nitrogens with zero attached hydrogens (tertiary/aromatic N) is 4. The highest BCUT2D eigenvalue weighted by molar-refractivity contribution is 5.62. The summed E-state index contributed by atoms with van der Waals surface area (Å²) >= 11 is 0. The van der Waals surface area contributed by atoms with Crippen LogP contribution in [0.4, 0.5) is 0 Å². The number of aryl methyl sites for hydroxylation is 1. The number of hydrogen-bond acceptors (Lipinski definition) is 8. The van der Waals surface area contributed by atoms with E-state index in [-0.39, 0.29) is 18.6 Å². The summed E-state index contributed by atoms with van der Waals surface area (Å²) in [6, 6.07) is 5.40. The van der Waals surface area contributed by atoms with Gasteiger partial charge in [-0.2, -0.15) is 9.97 Å². The van der Waals surface area contributed by atoms with Gasteiger partial charge in [0.25, 0.3) is 0 Å². The van der Waals surface area contributed by atoms with E-state index in [9.17, 15) is 0 Å². The molecule has 0 radical (unpaired) electrons. The molecular formula is C12H8N4O4. The molecule has 0 atom stereocenters. The van der Waals surface area contributed by atoms with Gasteiger partial charge in [0, 0.05) is 5.56 Å². The first-order valence-electron chi connectivity index (χ1n) is 5.84. The maximum absolute atomic E-state index is 5.31. The van der Waals surface area contributed by atoms with Gasteiger partial charge in [0.15, 0.2) is 17.3 Å². The Morgan fingerprint density at radius 1 is 0.950 bits per heavy atom. The summed E-state index contributed by atoms with van der Waals surface area (Å²) in [5.74, 6) is 2.64. The number of hydrogen-bond donors (Lipinski definition) is 0. The molecule has 3 heterocycles. The third kappa shape index (κ3) is 1.69.